The van der Waals surface area contributed by atoms with Gasteiger partial charge in [0, 0.05) is 12.1 Å². The molecule has 1 spiro atoms. The van der Waals surface area contributed by atoms with E-state index in [9.17, 15) is 0 Å². The van der Waals surface area contributed by atoms with Crippen molar-refractivity contribution < 1.29 is 4.84 Å². The van der Waals surface area contributed by atoms with Crippen molar-refractivity contribution in [2.24, 2.45) is 0 Å². The topological polar surface area (TPSA) is 12.5 Å². The van der Waals surface area contributed by atoms with Gasteiger partial charge >= 0.3 is 0 Å². The number of hydrogen-bond donors (Lipinski definition) is 0. The molecule has 0 radical (unpaired) electrons. The Morgan fingerprint density at radius 2 is 2.08 bits per heavy atom. The summed E-state index contributed by atoms with van der Waals surface area (Å²) in [5.74, 6) is 0. The first kappa shape index (κ1) is 7.34. The second-order valence-corrected chi connectivity index (χ2v) is 4.61. The summed E-state index contributed by atoms with van der Waals surface area (Å²) in [6, 6.07) is 0. The van der Waals surface area contributed by atoms with Gasteiger partial charge in [-0.3, -0.25) is 4.84 Å². The zero-order chi connectivity index (χ0) is 8.02. The van der Waals surface area contributed by atoms with Gasteiger partial charge in [0.15, 0.2) is 0 Å². The zero-order valence-electron chi connectivity index (χ0n) is 7.59. The lowest BCUT2D eigenvalue weighted by Gasteiger charge is -2.40. The van der Waals surface area contributed by atoms with E-state index in [1.807, 2.05) is 0 Å². The third kappa shape index (κ3) is 0.882. The number of piperidine rings is 1. The van der Waals surface area contributed by atoms with Gasteiger partial charge < -0.3 is 0 Å². The van der Waals surface area contributed by atoms with Crippen LogP contribution in [-0.2, 0) is 4.84 Å². The lowest BCUT2D eigenvalue weighted by Crippen LogP contribution is -2.46. The standard InChI is InChI=1S/C10H17NO/c1-2-7-11-10(5-1)6-3-4-9(8-10)12-11/h9H,1-8H2. The molecule has 2 saturated heterocycles. The van der Waals surface area contributed by atoms with Crippen LogP contribution in [0.3, 0.4) is 0 Å². The van der Waals surface area contributed by atoms with E-state index in [1.165, 1.54) is 51.5 Å². The van der Waals surface area contributed by atoms with Crippen LogP contribution in [0.4, 0.5) is 0 Å². The minimum atomic E-state index is 0.501. The molecule has 68 valence electrons. The second-order valence-electron chi connectivity index (χ2n) is 4.61. The SMILES string of the molecule is C1CCC23CCCC(C2)ON3C1. The molecule has 0 aromatic rings. The van der Waals surface area contributed by atoms with Crippen LogP contribution < -0.4 is 0 Å². The Kier molecular flexibility index (Phi) is 1.50. The Bertz CT molecular complexity index is 190. The molecular formula is C10H17NO. The summed E-state index contributed by atoms with van der Waals surface area (Å²) < 4.78 is 0. The Hall–Kier alpha value is -0.0800. The van der Waals surface area contributed by atoms with Gasteiger partial charge in [-0.2, -0.15) is 5.06 Å². The molecule has 0 aromatic heterocycles. The Labute approximate surface area is 73.8 Å². The highest BCUT2D eigenvalue weighted by Crippen LogP contribution is 2.47. The molecule has 3 fully saturated rings. The molecule has 3 aliphatic rings. The van der Waals surface area contributed by atoms with Crippen molar-refractivity contribution in [1.29, 1.82) is 0 Å². The highest BCUT2D eigenvalue weighted by Gasteiger charge is 2.49. The van der Waals surface area contributed by atoms with E-state index >= 15 is 0 Å². The molecule has 2 bridgehead atoms. The average Bonchev–Trinajstić information content (AvgIpc) is 2.35. The maximum absolute atomic E-state index is 5.91. The molecule has 2 atom stereocenters. The van der Waals surface area contributed by atoms with Crippen molar-refractivity contribution >= 4 is 0 Å². The molecule has 2 nitrogen and oxygen atoms in total. The van der Waals surface area contributed by atoms with Crippen molar-refractivity contribution in [3.8, 4) is 0 Å². The Morgan fingerprint density at radius 3 is 3.08 bits per heavy atom. The quantitative estimate of drug-likeness (QED) is 0.548. The fraction of sp³-hybridized carbons (Fsp3) is 1.00. The molecule has 1 saturated carbocycles. The van der Waals surface area contributed by atoms with Crippen molar-refractivity contribution in [2.75, 3.05) is 6.54 Å². The summed E-state index contributed by atoms with van der Waals surface area (Å²) in [7, 11) is 0. The predicted octanol–water partition coefficient (Wildman–Crippen LogP) is 2.10. The molecule has 3 rings (SSSR count). The highest BCUT2D eigenvalue weighted by molar-refractivity contribution is 4.99. The minimum Gasteiger partial charge on any atom is -0.295 e. The summed E-state index contributed by atoms with van der Waals surface area (Å²) in [5, 5.41) is 2.33. The summed E-state index contributed by atoms with van der Waals surface area (Å²) >= 11 is 0. The number of hydroxylamine groups is 2. The predicted molar refractivity (Wildman–Crippen MR) is 46.6 cm³/mol. The third-order valence-electron chi connectivity index (χ3n) is 3.83. The maximum atomic E-state index is 5.91. The van der Waals surface area contributed by atoms with Gasteiger partial charge in [0.1, 0.15) is 0 Å². The second kappa shape index (κ2) is 2.46. The fourth-order valence-electron chi connectivity index (χ4n) is 3.25. The lowest BCUT2D eigenvalue weighted by molar-refractivity contribution is -0.191. The fourth-order valence-corrected chi connectivity index (χ4v) is 3.25. The molecular weight excluding hydrogens is 150 g/mol. The first-order chi connectivity index (χ1) is 5.89. The van der Waals surface area contributed by atoms with Gasteiger partial charge in [0.2, 0.25) is 0 Å². The van der Waals surface area contributed by atoms with Crippen LogP contribution in [0.5, 0.6) is 0 Å². The molecule has 0 N–H and O–H groups in total. The van der Waals surface area contributed by atoms with Crippen LogP contribution in [0.15, 0.2) is 0 Å². The van der Waals surface area contributed by atoms with E-state index < -0.39 is 0 Å². The number of rotatable bonds is 0. The molecule has 2 unspecified atom stereocenters. The number of fused-ring (bicyclic) bond motifs is 1. The van der Waals surface area contributed by atoms with Gasteiger partial charge in [0.05, 0.1) is 6.10 Å². The van der Waals surface area contributed by atoms with Crippen molar-refractivity contribution in [3.05, 3.63) is 0 Å². The van der Waals surface area contributed by atoms with Crippen molar-refractivity contribution in [3.63, 3.8) is 0 Å². The summed E-state index contributed by atoms with van der Waals surface area (Å²) in [6.45, 7) is 1.19. The average molecular weight is 167 g/mol. The van der Waals surface area contributed by atoms with Crippen LogP contribution in [0.25, 0.3) is 0 Å². The van der Waals surface area contributed by atoms with Crippen LogP contribution in [-0.4, -0.2) is 23.3 Å². The molecule has 0 aromatic carbocycles. The van der Waals surface area contributed by atoms with Gasteiger partial charge in [-0.05, 0) is 38.5 Å². The molecule has 1 aliphatic carbocycles. The largest absolute Gasteiger partial charge is 0.295 e. The van der Waals surface area contributed by atoms with E-state index in [-0.39, 0.29) is 0 Å². The van der Waals surface area contributed by atoms with Gasteiger partial charge in [-0.1, -0.05) is 6.42 Å². The lowest BCUT2D eigenvalue weighted by atomic mass is 9.76. The number of hydrogen-bond acceptors (Lipinski definition) is 2. The highest BCUT2D eigenvalue weighted by atomic mass is 16.7. The zero-order valence-corrected chi connectivity index (χ0v) is 7.59. The van der Waals surface area contributed by atoms with E-state index in [1.54, 1.807) is 0 Å². The summed E-state index contributed by atoms with van der Waals surface area (Å²) in [6.07, 6.45) is 10.2. The molecule has 12 heavy (non-hydrogen) atoms. The first-order valence-corrected chi connectivity index (χ1v) is 5.34. The maximum Gasteiger partial charge on any atom is 0.0812 e. The molecule has 2 aliphatic heterocycles. The first-order valence-electron chi connectivity index (χ1n) is 5.34. The summed E-state index contributed by atoms with van der Waals surface area (Å²) in [5.41, 5.74) is 0.501. The van der Waals surface area contributed by atoms with E-state index in [4.69, 9.17) is 4.84 Å². The molecule has 0 amide bonds. The molecule has 2 heteroatoms. The third-order valence-corrected chi connectivity index (χ3v) is 3.83. The normalized spacial score (nSPS) is 47.5. The van der Waals surface area contributed by atoms with Gasteiger partial charge in [-0.15, -0.1) is 0 Å². The van der Waals surface area contributed by atoms with E-state index in [0.29, 0.717) is 11.6 Å². The minimum absolute atomic E-state index is 0.501. The Balaban J connectivity index is 1.89. The van der Waals surface area contributed by atoms with Crippen LogP contribution >= 0.6 is 0 Å². The van der Waals surface area contributed by atoms with Gasteiger partial charge in [-0.25, -0.2) is 0 Å². The van der Waals surface area contributed by atoms with E-state index in [0.717, 1.165) is 0 Å². The molecule has 2 heterocycles. The van der Waals surface area contributed by atoms with Crippen LogP contribution in [0.1, 0.15) is 44.9 Å². The van der Waals surface area contributed by atoms with Crippen molar-refractivity contribution in [1.82, 2.24) is 5.06 Å². The van der Waals surface area contributed by atoms with Gasteiger partial charge in [0.25, 0.3) is 0 Å². The smallest absolute Gasteiger partial charge is 0.0812 e. The number of nitrogens with zero attached hydrogens (tertiary/aromatic N) is 1. The van der Waals surface area contributed by atoms with Crippen LogP contribution in [0, 0.1) is 0 Å². The Morgan fingerprint density at radius 1 is 1.17 bits per heavy atom. The van der Waals surface area contributed by atoms with E-state index in [2.05, 4.69) is 5.06 Å². The van der Waals surface area contributed by atoms with Crippen molar-refractivity contribution in [2.45, 2.75) is 56.6 Å². The van der Waals surface area contributed by atoms with Crippen LogP contribution in [0.2, 0.25) is 0 Å². The monoisotopic (exact) mass is 167 g/mol. The summed E-state index contributed by atoms with van der Waals surface area (Å²) in [4.78, 5) is 5.91.